The molecule has 2 unspecified atom stereocenters. The van der Waals surface area contributed by atoms with Crippen molar-refractivity contribution in [1.82, 2.24) is 20.0 Å². The summed E-state index contributed by atoms with van der Waals surface area (Å²) in [5.74, 6) is 0.258. The number of carbonyl (C=O) groups excluding carboxylic acids is 1. The maximum absolute atomic E-state index is 12.2. The minimum absolute atomic E-state index is 0.118. The zero-order chi connectivity index (χ0) is 16.2. The number of aliphatic hydroxyl groups is 1. The Balaban J connectivity index is 1.53. The van der Waals surface area contributed by atoms with Gasteiger partial charge in [-0.1, -0.05) is 19.1 Å². The molecule has 0 bridgehead atoms. The number of hydrogen-bond acceptors (Lipinski definition) is 3. The number of β-amino-alcohol motifs (C(OH)–C–C–N with tert-alkyl or cyclic N) is 1. The highest BCUT2D eigenvalue weighted by Crippen LogP contribution is 2.17. The second kappa shape index (κ2) is 6.83. The van der Waals surface area contributed by atoms with E-state index in [4.69, 9.17) is 0 Å². The molecule has 3 rings (SSSR count). The standard InChI is InChI=1S/C17H22N4O2/c1-13-7-10-20(12-16(13)22)17(23)18-11-14-3-5-15(6-4-14)21-9-2-8-19-21/h2-6,8-9,13,16,22H,7,10-12H2,1H3,(H,18,23). The van der Waals surface area contributed by atoms with Crippen LogP contribution >= 0.6 is 0 Å². The first kappa shape index (κ1) is 15.6. The molecule has 2 N–H and O–H groups in total. The third kappa shape index (κ3) is 3.71. The van der Waals surface area contributed by atoms with Gasteiger partial charge in [0.25, 0.3) is 0 Å². The molecule has 23 heavy (non-hydrogen) atoms. The van der Waals surface area contributed by atoms with Crippen LogP contribution in [0, 0.1) is 5.92 Å². The number of aromatic nitrogens is 2. The highest BCUT2D eigenvalue weighted by atomic mass is 16.3. The van der Waals surface area contributed by atoms with Gasteiger partial charge in [-0.3, -0.25) is 0 Å². The van der Waals surface area contributed by atoms with Crippen LogP contribution < -0.4 is 5.32 Å². The molecule has 0 saturated carbocycles. The van der Waals surface area contributed by atoms with Crippen molar-refractivity contribution in [1.29, 1.82) is 0 Å². The third-order valence-electron chi connectivity index (χ3n) is 4.35. The van der Waals surface area contributed by atoms with E-state index in [2.05, 4.69) is 10.4 Å². The number of amides is 2. The first-order chi connectivity index (χ1) is 11.1. The van der Waals surface area contributed by atoms with Gasteiger partial charge in [-0.05, 0) is 36.1 Å². The lowest BCUT2D eigenvalue weighted by Gasteiger charge is -2.34. The van der Waals surface area contributed by atoms with Gasteiger partial charge in [0.2, 0.25) is 0 Å². The van der Waals surface area contributed by atoms with Gasteiger partial charge in [-0.2, -0.15) is 5.10 Å². The minimum atomic E-state index is -0.428. The molecule has 6 heteroatoms. The van der Waals surface area contributed by atoms with Crippen LogP contribution in [-0.2, 0) is 6.54 Å². The van der Waals surface area contributed by atoms with Crippen molar-refractivity contribution in [3.63, 3.8) is 0 Å². The molecule has 0 spiro atoms. The number of piperidine rings is 1. The largest absolute Gasteiger partial charge is 0.391 e. The number of likely N-dealkylation sites (tertiary alicyclic amines) is 1. The Hall–Kier alpha value is -2.34. The Morgan fingerprint density at radius 2 is 2.17 bits per heavy atom. The van der Waals surface area contributed by atoms with Crippen molar-refractivity contribution in [3.8, 4) is 5.69 Å². The van der Waals surface area contributed by atoms with Crippen molar-refractivity contribution in [3.05, 3.63) is 48.3 Å². The molecule has 1 saturated heterocycles. The molecule has 2 heterocycles. The molecule has 2 atom stereocenters. The molecule has 1 aliphatic heterocycles. The lowest BCUT2D eigenvalue weighted by Crippen LogP contribution is -2.49. The second-order valence-electron chi connectivity index (χ2n) is 6.06. The molecule has 1 aliphatic rings. The number of urea groups is 1. The van der Waals surface area contributed by atoms with Crippen molar-refractivity contribution in [2.24, 2.45) is 5.92 Å². The second-order valence-corrected chi connectivity index (χ2v) is 6.06. The predicted octanol–water partition coefficient (Wildman–Crippen LogP) is 1.78. The van der Waals surface area contributed by atoms with Crippen LogP contribution in [0.25, 0.3) is 5.69 Å². The Morgan fingerprint density at radius 3 is 2.83 bits per heavy atom. The van der Waals surface area contributed by atoms with Crippen molar-refractivity contribution in [2.45, 2.75) is 26.0 Å². The fourth-order valence-corrected chi connectivity index (χ4v) is 2.71. The van der Waals surface area contributed by atoms with E-state index >= 15 is 0 Å². The fraction of sp³-hybridized carbons (Fsp3) is 0.412. The fourth-order valence-electron chi connectivity index (χ4n) is 2.71. The number of nitrogens with one attached hydrogen (secondary N) is 1. The maximum atomic E-state index is 12.2. The van der Waals surface area contributed by atoms with Crippen molar-refractivity contribution >= 4 is 6.03 Å². The van der Waals surface area contributed by atoms with Gasteiger partial charge in [0.05, 0.1) is 11.8 Å². The zero-order valence-electron chi connectivity index (χ0n) is 13.2. The smallest absolute Gasteiger partial charge is 0.317 e. The Bertz CT molecular complexity index is 639. The van der Waals surface area contributed by atoms with Gasteiger partial charge in [0, 0.05) is 32.0 Å². The van der Waals surface area contributed by atoms with Gasteiger partial charge < -0.3 is 15.3 Å². The number of aliphatic hydroxyl groups excluding tert-OH is 1. The highest BCUT2D eigenvalue weighted by molar-refractivity contribution is 5.74. The molecule has 122 valence electrons. The quantitative estimate of drug-likeness (QED) is 0.907. The average molecular weight is 314 g/mol. The molecule has 6 nitrogen and oxygen atoms in total. The van der Waals surface area contributed by atoms with E-state index in [-0.39, 0.29) is 11.9 Å². The van der Waals surface area contributed by atoms with Crippen LogP contribution in [0.3, 0.4) is 0 Å². The normalized spacial score (nSPS) is 21.2. The molecule has 0 aliphatic carbocycles. The molecule has 0 radical (unpaired) electrons. The first-order valence-electron chi connectivity index (χ1n) is 7.93. The summed E-state index contributed by atoms with van der Waals surface area (Å²) in [6, 6.07) is 9.66. The zero-order valence-corrected chi connectivity index (χ0v) is 13.2. The van der Waals surface area contributed by atoms with Crippen LogP contribution in [0.4, 0.5) is 4.79 Å². The number of nitrogens with zero attached hydrogens (tertiary/aromatic N) is 3. The van der Waals surface area contributed by atoms with Gasteiger partial charge in [0.15, 0.2) is 0 Å². The highest BCUT2D eigenvalue weighted by Gasteiger charge is 2.26. The van der Waals surface area contributed by atoms with E-state index in [1.54, 1.807) is 15.8 Å². The molecule has 2 amide bonds. The molecule has 1 aromatic carbocycles. The van der Waals surface area contributed by atoms with E-state index in [1.165, 1.54) is 0 Å². The topological polar surface area (TPSA) is 70.4 Å². The van der Waals surface area contributed by atoms with Gasteiger partial charge in [0.1, 0.15) is 0 Å². The van der Waals surface area contributed by atoms with Gasteiger partial charge in [-0.15, -0.1) is 0 Å². The van der Waals surface area contributed by atoms with Crippen molar-refractivity contribution in [2.75, 3.05) is 13.1 Å². The van der Waals surface area contributed by atoms with Gasteiger partial charge >= 0.3 is 6.03 Å². The summed E-state index contributed by atoms with van der Waals surface area (Å²) in [6.45, 7) is 3.59. The molecule has 1 aromatic heterocycles. The van der Waals surface area contributed by atoms with Gasteiger partial charge in [-0.25, -0.2) is 9.48 Å². The molecular formula is C17H22N4O2. The number of rotatable bonds is 3. The lowest BCUT2D eigenvalue weighted by molar-refractivity contribution is 0.0435. The van der Waals surface area contributed by atoms with E-state index in [0.717, 1.165) is 17.7 Å². The Kier molecular flexibility index (Phi) is 4.62. The van der Waals surface area contributed by atoms with E-state index in [1.807, 2.05) is 43.5 Å². The summed E-state index contributed by atoms with van der Waals surface area (Å²) in [5.41, 5.74) is 2.01. The first-order valence-corrected chi connectivity index (χ1v) is 7.93. The predicted molar refractivity (Wildman–Crippen MR) is 87.2 cm³/mol. The van der Waals surface area contributed by atoms with Crippen molar-refractivity contribution < 1.29 is 9.90 Å². The van der Waals surface area contributed by atoms with E-state index < -0.39 is 6.10 Å². The van der Waals surface area contributed by atoms with Crippen LogP contribution in [0.1, 0.15) is 18.9 Å². The minimum Gasteiger partial charge on any atom is -0.391 e. The monoisotopic (exact) mass is 314 g/mol. The summed E-state index contributed by atoms with van der Waals surface area (Å²) in [5, 5.41) is 17.0. The van der Waals surface area contributed by atoms with Crippen LogP contribution in [0.15, 0.2) is 42.7 Å². The van der Waals surface area contributed by atoms with E-state index in [0.29, 0.717) is 19.6 Å². The Morgan fingerprint density at radius 1 is 1.39 bits per heavy atom. The number of hydrogen-bond donors (Lipinski definition) is 2. The summed E-state index contributed by atoms with van der Waals surface area (Å²) in [4.78, 5) is 13.9. The summed E-state index contributed by atoms with van der Waals surface area (Å²) >= 11 is 0. The lowest BCUT2D eigenvalue weighted by atomic mass is 9.96. The van der Waals surface area contributed by atoms with Crippen LogP contribution in [0.2, 0.25) is 0 Å². The maximum Gasteiger partial charge on any atom is 0.317 e. The summed E-state index contributed by atoms with van der Waals surface area (Å²) in [6.07, 6.45) is 4.04. The molecular weight excluding hydrogens is 292 g/mol. The van der Waals surface area contributed by atoms with Crippen LogP contribution in [-0.4, -0.2) is 45.0 Å². The third-order valence-corrected chi connectivity index (χ3v) is 4.35. The molecule has 1 fully saturated rings. The molecule has 2 aromatic rings. The average Bonchev–Trinajstić information content (AvgIpc) is 3.10. The number of benzene rings is 1. The summed E-state index contributed by atoms with van der Waals surface area (Å²) in [7, 11) is 0. The number of carbonyl (C=O) groups is 1. The SMILES string of the molecule is CC1CCN(C(=O)NCc2ccc(-n3cccn3)cc2)CC1O. The Labute approximate surface area is 135 Å². The van der Waals surface area contributed by atoms with Crippen LogP contribution in [0.5, 0.6) is 0 Å². The van der Waals surface area contributed by atoms with E-state index in [9.17, 15) is 9.90 Å². The summed E-state index contributed by atoms with van der Waals surface area (Å²) < 4.78 is 1.79.